The number of anilines is 2. The Morgan fingerprint density at radius 2 is 1.73 bits per heavy atom. The number of hydrogen-bond acceptors (Lipinski definition) is 3. The number of ether oxygens (including phenoxy) is 1. The Morgan fingerprint density at radius 1 is 1.09 bits per heavy atom. The van der Waals surface area contributed by atoms with Crippen LogP contribution >= 0.6 is 0 Å². The van der Waals surface area contributed by atoms with Gasteiger partial charge in [-0.05, 0) is 44.0 Å². The standard InChI is InChI=1S/C18H22N2O2/c1-12-9-13(2)18(14(3)10-12)20-17(21)11-19-15-7-5-6-8-16(15)22-4/h5-10,19H,11H2,1-4H3,(H,20,21). The van der Waals surface area contributed by atoms with Crippen molar-refractivity contribution in [3.63, 3.8) is 0 Å². The molecule has 0 heterocycles. The molecule has 0 atom stereocenters. The summed E-state index contributed by atoms with van der Waals surface area (Å²) in [5.41, 5.74) is 5.03. The highest BCUT2D eigenvalue weighted by Gasteiger charge is 2.09. The van der Waals surface area contributed by atoms with Gasteiger partial charge in [0.2, 0.25) is 5.91 Å². The fourth-order valence-corrected chi connectivity index (χ4v) is 2.53. The molecule has 116 valence electrons. The Balaban J connectivity index is 2.02. The van der Waals surface area contributed by atoms with E-state index >= 15 is 0 Å². The van der Waals surface area contributed by atoms with E-state index in [1.54, 1.807) is 7.11 Å². The fraction of sp³-hybridized carbons (Fsp3) is 0.278. The van der Waals surface area contributed by atoms with E-state index in [9.17, 15) is 4.79 Å². The van der Waals surface area contributed by atoms with Crippen LogP contribution in [0.25, 0.3) is 0 Å². The second-order valence-electron chi connectivity index (χ2n) is 5.38. The summed E-state index contributed by atoms with van der Waals surface area (Å²) in [6, 6.07) is 11.7. The Labute approximate surface area is 131 Å². The lowest BCUT2D eigenvalue weighted by Gasteiger charge is -2.14. The molecule has 0 aliphatic carbocycles. The molecule has 22 heavy (non-hydrogen) atoms. The van der Waals surface area contributed by atoms with Crippen molar-refractivity contribution in [2.45, 2.75) is 20.8 Å². The third kappa shape index (κ3) is 3.79. The van der Waals surface area contributed by atoms with E-state index in [0.717, 1.165) is 28.3 Å². The summed E-state index contributed by atoms with van der Waals surface area (Å²) in [4.78, 5) is 12.2. The number of para-hydroxylation sites is 2. The van der Waals surface area contributed by atoms with Crippen LogP contribution in [0.2, 0.25) is 0 Å². The number of aryl methyl sites for hydroxylation is 3. The summed E-state index contributed by atoms with van der Waals surface area (Å²) in [6.07, 6.45) is 0. The van der Waals surface area contributed by atoms with Gasteiger partial charge in [0.05, 0.1) is 19.3 Å². The van der Waals surface area contributed by atoms with Crippen LogP contribution in [-0.4, -0.2) is 19.6 Å². The summed E-state index contributed by atoms with van der Waals surface area (Å²) in [5.74, 6) is 0.638. The number of hydrogen-bond donors (Lipinski definition) is 2. The molecule has 2 aromatic rings. The zero-order chi connectivity index (χ0) is 16.1. The van der Waals surface area contributed by atoms with Crippen molar-refractivity contribution < 1.29 is 9.53 Å². The Kier molecular flexibility index (Phi) is 5.04. The highest BCUT2D eigenvalue weighted by atomic mass is 16.5. The minimum atomic E-state index is -0.0824. The van der Waals surface area contributed by atoms with Crippen molar-refractivity contribution >= 4 is 17.3 Å². The summed E-state index contributed by atoms with van der Waals surface area (Å²) < 4.78 is 5.25. The van der Waals surface area contributed by atoms with Gasteiger partial charge in [-0.3, -0.25) is 4.79 Å². The van der Waals surface area contributed by atoms with Crippen LogP contribution in [0.1, 0.15) is 16.7 Å². The summed E-state index contributed by atoms with van der Waals surface area (Å²) in [7, 11) is 1.61. The smallest absolute Gasteiger partial charge is 0.243 e. The molecule has 0 unspecified atom stereocenters. The Hall–Kier alpha value is -2.49. The molecule has 0 aliphatic heterocycles. The molecule has 4 nitrogen and oxygen atoms in total. The molecule has 4 heteroatoms. The lowest BCUT2D eigenvalue weighted by atomic mass is 10.1. The van der Waals surface area contributed by atoms with Gasteiger partial charge in [-0.25, -0.2) is 0 Å². The number of carbonyl (C=O) groups is 1. The highest BCUT2D eigenvalue weighted by Crippen LogP contribution is 2.24. The molecule has 0 radical (unpaired) electrons. The van der Waals surface area contributed by atoms with Crippen molar-refractivity contribution in [3.8, 4) is 5.75 Å². The van der Waals surface area contributed by atoms with E-state index in [0.29, 0.717) is 0 Å². The van der Waals surface area contributed by atoms with E-state index in [1.165, 1.54) is 5.56 Å². The van der Waals surface area contributed by atoms with E-state index in [2.05, 4.69) is 29.7 Å². The summed E-state index contributed by atoms with van der Waals surface area (Å²) >= 11 is 0. The molecule has 0 saturated carbocycles. The predicted octanol–water partition coefficient (Wildman–Crippen LogP) is 3.67. The van der Waals surface area contributed by atoms with E-state index in [-0.39, 0.29) is 12.5 Å². The molecule has 0 aromatic heterocycles. The van der Waals surface area contributed by atoms with Gasteiger partial charge in [-0.1, -0.05) is 29.8 Å². The Morgan fingerprint density at radius 3 is 2.36 bits per heavy atom. The van der Waals surface area contributed by atoms with Crippen LogP contribution in [0.5, 0.6) is 5.75 Å². The van der Waals surface area contributed by atoms with Crippen LogP contribution in [0.4, 0.5) is 11.4 Å². The fourth-order valence-electron chi connectivity index (χ4n) is 2.53. The first-order valence-electron chi connectivity index (χ1n) is 7.26. The number of rotatable bonds is 5. The second-order valence-corrected chi connectivity index (χ2v) is 5.38. The topological polar surface area (TPSA) is 50.4 Å². The molecular weight excluding hydrogens is 276 g/mol. The molecule has 0 spiro atoms. The SMILES string of the molecule is COc1ccccc1NCC(=O)Nc1c(C)cc(C)cc1C. The maximum atomic E-state index is 12.2. The number of carbonyl (C=O) groups excluding carboxylic acids is 1. The van der Waals surface area contributed by atoms with Gasteiger partial charge in [0.25, 0.3) is 0 Å². The largest absolute Gasteiger partial charge is 0.495 e. The third-order valence-corrected chi connectivity index (χ3v) is 3.49. The van der Waals surface area contributed by atoms with Gasteiger partial charge in [0, 0.05) is 5.69 Å². The summed E-state index contributed by atoms with van der Waals surface area (Å²) in [5, 5.41) is 6.07. The first-order chi connectivity index (χ1) is 10.5. The molecule has 2 rings (SSSR count). The molecule has 0 fully saturated rings. The van der Waals surface area contributed by atoms with E-state index in [1.807, 2.05) is 38.1 Å². The van der Waals surface area contributed by atoms with Crippen molar-refractivity contribution in [1.82, 2.24) is 0 Å². The maximum absolute atomic E-state index is 12.2. The summed E-state index contributed by atoms with van der Waals surface area (Å²) in [6.45, 7) is 6.24. The van der Waals surface area contributed by atoms with Gasteiger partial charge in [0.15, 0.2) is 0 Å². The average Bonchev–Trinajstić information content (AvgIpc) is 2.49. The monoisotopic (exact) mass is 298 g/mol. The van der Waals surface area contributed by atoms with Crippen molar-refractivity contribution in [1.29, 1.82) is 0 Å². The van der Waals surface area contributed by atoms with Crippen LogP contribution in [-0.2, 0) is 4.79 Å². The first kappa shape index (κ1) is 15.9. The van der Waals surface area contributed by atoms with Gasteiger partial charge >= 0.3 is 0 Å². The van der Waals surface area contributed by atoms with Crippen LogP contribution in [0, 0.1) is 20.8 Å². The molecule has 0 bridgehead atoms. The normalized spacial score (nSPS) is 10.2. The van der Waals surface area contributed by atoms with E-state index in [4.69, 9.17) is 4.74 Å². The molecule has 1 amide bonds. The second kappa shape index (κ2) is 6.98. The number of benzene rings is 2. The lowest BCUT2D eigenvalue weighted by molar-refractivity contribution is -0.114. The molecule has 2 aromatic carbocycles. The molecular formula is C18H22N2O2. The van der Waals surface area contributed by atoms with Gasteiger partial charge in [0.1, 0.15) is 5.75 Å². The zero-order valence-corrected chi connectivity index (χ0v) is 13.5. The number of amides is 1. The van der Waals surface area contributed by atoms with Crippen molar-refractivity contribution in [3.05, 3.63) is 53.1 Å². The molecule has 0 aliphatic rings. The number of nitrogens with one attached hydrogen (secondary N) is 2. The van der Waals surface area contributed by atoms with Gasteiger partial charge in [-0.15, -0.1) is 0 Å². The van der Waals surface area contributed by atoms with Crippen molar-refractivity contribution in [2.24, 2.45) is 0 Å². The quantitative estimate of drug-likeness (QED) is 0.885. The third-order valence-electron chi connectivity index (χ3n) is 3.49. The maximum Gasteiger partial charge on any atom is 0.243 e. The average molecular weight is 298 g/mol. The minimum Gasteiger partial charge on any atom is -0.495 e. The van der Waals surface area contributed by atoms with E-state index < -0.39 is 0 Å². The molecule has 0 saturated heterocycles. The van der Waals surface area contributed by atoms with Crippen LogP contribution in [0.15, 0.2) is 36.4 Å². The first-order valence-corrected chi connectivity index (χ1v) is 7.26. The van der Waals surface area contributed by atoms with Gasteiger partial charge < -0.3 is 15.4 Å². The van der Waals surface area contributed by atoms with Crippen LogP contribution in [0.3, 0.4) is 0 Å². The predicted molar refractivity (Wildman–Crippen MR) is 90.8 cm³/mol. The van der Waals surface area contributed by atoms with Crippen molar-refractivity contribution in [2.75, 3.05) is 24.3 Å². The lowest BCUT2D eigenvalue weighted by Crippen LogP contribution is -2.23. The zero-order valence-electron chi connectivity index (χ0n) is 13.5. The highest BCUT2D eigenvalue weighted by molar-refractivity contribution is 5.95. The van der Waals surface area contributed by atoms with Crippen LogP contribution < -0.4 is 15.4 Å². The molecule has 2 N–H and O–H groups in total. The minimum absolute atomic E-state index is 0.0824. The Bertz CT molecular complexity index is 658. The number of methoxy groups -OCH3 is 1. The van der Waals surface area contributed by atoms with Gasteiger partial charge in [-0.2, -0.15) is 0 Å².